The van der Waals surface area contributed by atoms with Crippen LogP contribution in [0.4, 0.5) is 0 Å². The first-order chi connectivity index (χ1) is 12.1. The third-order valence-electron chi connectivity index (χ3n) is 5.33. The molecule has 25 heavy (non-hydrogen) atoms. The molecule has 3 atom stereocenters. The van der Waals surface area contributed by atoms with Gasteiger partial charge in [-0.1, -0.05) is 26.8 Å². The van der Waals surface area contributed by atoms with E-state index in [-0.39, 0.29) is 5.41 Å². The summed E-state index contributed by atoms with van der Waals surface area (Å²) in [6.45, 7) is 8.87. The Labute approximate surface area is 150 Å². The van der Waals surface area contributed by atoms with Crippen molar-refractivity contribution in [1.29, 1.82) is 0 Å². The van der Waals surface area contributed by atoms with Crippen LogP contribution in [-0.2, 0) is 11.3 Å². The average Bonchev–Trinajstić information content (AvgIpc) is 3.08. The predicted octanol–water partition coefficient (Wildman–Crippen LogP) is 2.35. The van der Waals surface area contributed by atoms with Crippen LogP contribution in [0.3, 0.4) is 0 Å². The molecule has 3 unspecified atom stereocenters. The molecule has 1 aliphatic carbocycles. The number of hydrogen-bond acceptors (Lipinski definition) is 4. The Hall–Kier alpha value is -1.82. The molecule has 2 fully saturated rings. The van der Waals surface area contributed by atoms with Gasteiger partial charge in [-0.15, -0.1) is 0 Å². The van der Waals surface area contributed by atoms with Crippen molar-refractivity contribution in [3.05, 3.63) is 23.9 Å². The van der Waals surface area contributed by atoms with Crippen molar-refractivity contribution >= 4 is 5.96 Å². The molecule has 6 heteroatoms. The second-order valence-electron chi connectivity index (χ2n) is 7.47. The topological polar surface area (TPSA) is 67.8 Å². The summed E-state index contributed by atoms with van der Waals surface area (Å²) in [7, 11) is 1.81. The third kappa shape index (κ3) is 3.73. The number of ether oxygens (including phenoxy) is 2. The normalized spacial score (nSPS) is 27.4. The van der Waals surface area contributed by atoms with Gasteiger partial charge in [0.2, 0.25) is 5.88 Å². The highest BCUT2D eigenvalue weighted by Crippen LogP contribution is 2.52. The second-order valence-corrected chi connectivity index (χ2v) is 7.47. The van der Waals surface area contributed by atoms with Gasteiger partial charge < -0.3 is 20.1 Å². The van der Waals surface area contributed by atoms with Crippen LogP contribution in [0.5, 0.6) is 5.88 Å². The maximum atomic E-state index is 5.86. The summed E-state index contributed by atoms with van der Waals surface area (Å²) in [6.07, 6.45) is 4.34. The largest absolute Gasteiger partial charge is 0.478 e. The number of nitrogens with zero attached hydrogens (tertiary/aromatic N) is 2. The van der Waals surface area contributed by atoms with Crippen LogP contribution >= 0.6 is 0 Å². The molecule has 2 heterocycles. The molecule has 1 saturated carbocycles. The molecule has 138 valence electrons. The fraction of sp³-hybridized carbons (Fsp3) is 0.684. The first-order valence-corrected chi connectivity index (χ1v) is 9.22. The van der Waals surface area contributed by atoms with Crippen molar-refractivity contribution in [2.24, 2.45) is 16.3 Å². The van der Waals surface area contributed by atoms with Crippen LogP contribution in [0.2, 0.25) is 0 Å². The van der Waals surface area contributed by atoms with Crippen LogP contribution in [0.15, 0.2) is 23.3 Å². The van der Waals surface area contributed by atoms with Crippen LogP contribution in [0.25, 0.3) is 0 Å². The van der Waals surface area contributed by atoms with E-state index in [1.807, 2.05) is 25.4 Å². The maximum Gasteiger partial charge on any atom is 0.213 e. The molecule has 1 saturated heterocycles. The zero-order valence-electron chi connectivity index (χ0n) is 15.7. The van der Waals surface area contributed by atoms with Gasteiger partial charge in [-0.2, -0.15) is 0 Å². The summed E-state index contributed by atoms with van der Waals surface area (Å²) < 4.78 is 11.4. The minimum Gasteiger partial charge on any atom is -0.478 e. The van der Waals surface area contributed by atoms with Crippen LogP contribution in [0.1, 0.15) is 39.2 Å². The molecule has 3 rings (SSSR count). The van der Waals surface area contributed by atoms with Crippen molar-refractivity contribution in [1.82, 2.24) is 15.6 Å². The lowest BCUT2D eigenvalue weighted by Crippen LogP contribution is -2.67. The van der Waals surface area contributed by atoms with E-state index in [1.54, 1.807) is 0 Å². The number of aromatic nitrogens is 1. The Bertz CT molecular complexity index is 600. The van der Waals surface area contributed by atoms with Gasteiger partial charge in [-0.25, -0.2) is 4.98 Å². The van der Waals surface area contributed by atoms with E-state index in [0.717, 1.165) is 31.0 Å². The van der Waals surface area contributed by atoms with Gasteiger partial charge in [0.05, 0.1) is 12.7 Å². The van der Waals surface area contributed by atoms with E-state index in [1.165, 1.54) is 0 Å². The van der Waals surface area contributed by atoms with Gasteiger partial charge in [0.15, 0.2) is 5.96 Å². The van der Waals surface area contributed by atoms with Gasteiger partial charge in [0.25, 0.3) is 0 Å². The summed E-state index contributed by atoms with van der Waals surface area (Å²) >= 11 is 0. The standard InChI is InChI=1S/C19H30N4O2/c1-5-9-24-15-7-6-13(11-21-15)12-22-18(20-4)23-16-14-8-10-25-17(14)19(16,2)3/h6-7,11,14,16-17H,5,8-10,12H2,1-4H3,(H2,20,22,23). The fourth-order valence-electron chi connectivity index (χ4n) is 3.95. The monoisotopic (exact) mass is 346 g/mol. The van der Waals surface area contributed by atoms with Crippen LogP contribution in [-0.4, -0.2) is 43.4 Å². The lowest BCUT2D eigenvalue weighted by Gasteiger charge is -2.54. The lowest BCUT2D eigenvalue weighted by atomic mass is 9.57. The maximum absolute atomic E-state index is 5.86. The van der Waals surface area contributed by atoms with E-state index in [9.17, 15) is 0 Å². The molecule has 2 aliphatic rings. The summed E-state index contributed by atoms with van der Waals surface area (Å²) in [5, 5.41) is 6.97. The first kappa shape index (κ1) is 18.0. The molecule has 0 amide bonds. The summed E-state index contributed by atoms with van der Waals surface area (Å²) in [5.41, 5.74) is 1.24. The molecular formula is C19H30N4O2. The molecule has 1 aliphatic heterocycles. The molecule has 0 radical (unpaired) electrons. The predicted molar refractivity (Wildman–Crippen MR) is 98.8 cm³/mol. The van der Waals surface area contributed by atoms with Gasteiger partial charge in [-0.05, 0) is 18.4 Å². The van der Waals surface area contributed by atoms with Gasteiger partial charge in [0, 0.05) is 49.8 Å². The van der Waals surface area contributed by atoms with E-state index < -0.39 is 0 Å². The number of nitrogens with one attached hydrogen (secondary N) is 2. The van der Waals surface area contributed by atoms with Crippen molar-refractivity contribution in [2.45, 2.75) is 52.3 Å². The Balaban J connectivity index is 1.51. The summed E-state index contributed by atoms with van der Waals surface area (Å²) in [6, 6.07) is 4.35. The van der Waals surface area contributed by atoms with Crippen LogP contribution in [0, 0.1) is 11.3 Å². The molecule has 0 spiro atoms. The summed E-state index contributed by atoms with van der Waals surface area (Å²) in [5.74, 6) is 2.09. The van der Waals surface area contributed by atoms with E-state index in [2.05, 4.69) is 41.4 Å². The van der Waals surface area contributed by atoms with Crippen molar-refractivity contribution in [3.8, 4) is 5.88 Å². The van der Waals surface area contributed by atoms with E-state index in [0.29, 0.717) is 37.1 Å². The quantitative estimate of drug-likeness (QED) is 0.611. The highest BCUT2D eigenvalue weighted by atomic mass is 16.5. The molecular weight excluding hydrogens is 316 g/mol. The Kier molecular flexibility index (Phi) is 5.47. The van der Waals surface area contributed by atoms with Gasteiger partial charge >= 0.3 is 0 Å². The Morgan fingerprint density at radius 3 is 2.96 bits per heavy atom. The number of fused-ring (bicyclic) bond motifs is 1. The molecule has 0 bridgehead atoms. The zero-order chi connectivity index (χ0) is 17.9. The number of guanidine groups is 1. The minimum atomic E-state index is 0.138. The van der Waals surface area contributed by atoms with E-state index >= 15 is 0 Å². The minimum absolute atomic E-state index is 0.138. The number of hydrogen-bond donors (Lipinski definition) is 2. The van der Waals surface area contributed by atoms with E-state index in [4.69, 9.17) is 9.47 Å². The number of rotatable bonds is 6. The number of aliphatic imine (C=N–C) groups is 1. The Morgan fingerprint density at radius 1 is 1.44 bits per heavy atom. The van der Waals surface area contributed by atoms with Crippen molar-refractivity contribution in [3.63, 3.8) is 0 Å². The third-order valence-corrected chi connectivity index (χ3v) is 5.33. The zero-order valence-corrected chi connectivity index (χ0v) is 15.7. The highest BCUT2D eigenvalue weighted by molar-refractivity contribution is 5.80. The fourth-order valence-corrected chi connectivity index (χ4v) is 3.95. The Morgan fingerprint density at radius 2 is 2.28 bits per heavy atom. The molecule has 0 aromatic carbocycles. The highest BCUT2D eigenvalue weighted by Gasteiger charge is 2.59. The number of pyridine rings is 1. The van der Waals surface area contributed by atoms with Gasteiger partial charge in [0.1, 0.15) is 0 Å². The molecule has 6 nitrogen and oxygen atoms in total. The summed E-state index contributed by atoms with van der Waals surface area (Å²) in [4.78, 5) is 8.71. The lowest BCUT2D eigenvalue weighted by molar-refractivity contribution is -0.106. The van der Waals surface area contributed by atoms with Gasteiger partial charge in [-0.3, -0.25) is 4.99 Å². The smallest absolute Gasteiger partial charge is 0.213 e. The average molecular weight is 346 g/mol. The van der Waals surface area contributed by atoms with Crippen LogP contribution < -0.4 is 15.4 Å². The first-order valence-electron chi connectivity index (χ1n) is 9.22. The SMILES string of the molecule is CCCOc1ccc(CNC(=NC)NC2C3CCOC3C2(C)C)cn1. The molecule has 2 N–H and O–H groups in total. The molecule has 1 aromatic rings. The van der Waals surface area contributed by atoms with Crippen molar-refractivity contribution < 1.29 is 9.47 Å². The van der Waals surface area contributed by atoms with Crippen molar-refractivity contribution in [2.75, 3.05) is 20.3 Å². The second kappa shape index (κ2) is 7.60. The molecule has 1 aromatic heterocycles.